The van der Waals surface area contributed by atoms with E-state index in [0.717, 1.165) is 5.56 Å². The van der Waals surface area contributed by atoms with Crippen LogP contribution in [0.3, 0.4) is 0 Å². The minimum absolute atomic E-state index is 0.0351. The number of hydrogen-bond donors (Lipinski definition) is 1. The van der Waals surface area contributed by atoms with Crippen molar-refractivity contribution >= 4 is 12.0 Å². The molecule has 0 atom stereocenters. The molecule has 0 saturated heterocycles. The summed E-state index contributed by atoms with van der Waals surface area (Å²) in [4.78, 5) is 12.7. The second-order valence-electron chi connectivity index (χ2n) is 8.03. The van der Waals surface area contributed by atoms with Crippen LogP contribution in [0.2, 0.25) is 0 Å². The number of carbonyl (C=O) groups is 1. The van der Waals surface area contributed by atoms with E-state index in [4.69, 9.17) is 28.4 Å². The molecule has 0 aliphatic carbocycles. The quantitative estimate of drug-likeness (QED) is 0.213. The minimum Gasteiger partial charge on any atom is -0.493 e. The molecule has 196 valence electrons. The molecular weight excluding hydrogens is 488 g/mol. The Bertz CT molecular complexity index is 1350. The zero-order valence-corrected chi connectivity index (χ0v) is 21.2. The summed E-state index contributed by atoms with van der Waals surface area (Å²) in [5, 5.41) is 12.4. The summed E-state index contributed by atoms with van der Waals surface area (Å²) < 4.78 is 33.3. The summed E-state index contributed by atoms with van der Waals surface area (Å²) in [5.41, 5.74) is 1.42. The van der Waals surface area contributed by atoms with Gasteiger partial charge in [-0.25, -0.2) is 0 Å². The van der Waals surface area contributed by atoms with E-state index >= 15 is 0 Å². The first kappa shape index (κ1) is 26.2. The number of fused-ring (bicyclic) bond motifs is 1. The van der Waals surface area contributed by atoms with Crippen LogP contribution in [-0.4, -0.2) is 39.6 Å². The summed E-state index contributed by atoms with van der Waals surface area (Å²) in [7, 11) is 1.59. The number of benzene rings is 3. The normalized spacial score (nSPS) is 11.9. The first-order valence-corrected chi connectivity index (χ1v) is 12.0. The standard InChI is InChI=1S/C29H28N2O7/c1-3-34-27-15-20(8-10-25(27)36-13-12-35-24-7-5-4-6-23(24)33-2)14-22(17-30)29(32)31-18-21-9-11-26-28(16-21)38-19-37-26/h4-11,14-16H,3,12-13,18-19H2,1-2H3,(H,31,32)/b22-14+. The van der Waals surface area contributed by atoms with Crippen molar-refractivity contribution in [1.29, 1.82) is 5.26 Å². The molecule has 0 unspecified atom stereocenters. The van der Waals surface area contributed by atoms with E-state index in [0.29, 0.717) is 53.3 Å². The Hall–Kier alpha value is -4.84. The van der Waals surface area contributed by atoms with Crippen LogP contribution in [0, 0.1) is 11.3 Å². The molecule has 1 amide bonds. The summed E-state index contributed by atoms with van der Waals surface area (Å²) in [6, 6.07) is 20.0. The van der Waals surface area contributed by atoms with Gasteiger partial charge >= 0.3 is 0 Å². The van der Waals surface area contributed by atoms with E-state index in [1.165, 1.54) is 6.08 Å². The zero-order chi connectivity index (χ0) is 26.7. The molecule has 0 radical (unpaired) electrons. The number of para-hydroxylation sites is 2. The lowest BCUT2D eigenvalue weighted by atomic mass is 10.1. The van der Waals surface area contributed by atoms with E-state index in [2.05, 4.69) is 5.32 Å². The molecule has 1 aliphatic rings. The van der Waals surface area contributed by atoms with Gasteiger partial charge < -0.3 is 33.7 Å². The highest BCUT2D eigenvalue weighted by atomic mass is 16.7. The molecule has 0 aromatic heterocycles. The number of carbonyl (C=O) groups excluding carboxylic acids is 1. The Labute approximate surface area is 221 Å². The summed E-state index contributed by atoms with van der Waals surface area (Å²) in [6.07, 6.45) is 1.51. The number of ether oxygens (including phenoxy) is 6. The topological polar surface area (TPSA) is 108 Å². The molecule has 9 heteroatoms. The van der Waals surface area contributed by atoms with Crippen molar-refractivity contribution < 1.29 is 33.2 Å². The summed E-state index contributed by atoms with van der Waals surface area (Å²) in [6.45, 7) is 3.28. The zero-order valence-electron chi connectivity index (χ0n) is 21.2. The number of nitriles is 1. The maximum absolute atomic E-state index is 12.7. The fourth-order valence-corrected chi connectivity index (χ4v) is 3.69. The van der Waals surface area contributed by atoms with Crippen molar-refractivity contribution in [3.8, 4) is 40.6 Å². The van der Waals surface area contributed by atoms with Crippen LogP contribution in [0.15, 0.2) is 66.2 Å². The molecule has 0 bridgehead atoms. The molecule has 0 fully saturated rings. The number of nitrogens with zero attached hydrogens (tertiary/aromatic N) is 1. The van der Waals surface area contributed by atoms with Crippen LogP contribution in [0.5, 0.6) is 34.5 Å². The average Bonchev–Trinajstić information content (AvgIpc) is 3.42. The van der Waals surface area contributed by atoms with E-state index in [1.807, 2.05) is 43.3 Å². The highest BCUT2D eigenvalue weighted by molar-refractivity contribution is 6.01. The van der Waals surface area contributed by atoms with Gasteiger partial charge in [0.2, 0.25) is 6.79 Å². The molecule has 0 saturated carbocycles. The number of rotatable bonds is 12. The fraction of sp³-hybridized carbons (Fsp3) is 0.241. The second-order valence-corrected chi connectivity index (χ2v) is 8.03. The predicted molar refractivity (Wildman–Crippen MR) is 140 cm³/mol. The van der Waals surface area contributed by atoms with Crippen molar-refractivity contribution in [2.45, 2.75) is 13.5 Å². The van der Waals surface area contributed by atoms with Crippen LogP contribution >= 0.6 is 0 Å². The first-order valence-electron chi connectivity index (χ1n) is 12.0. The third kappa shape index (κ3) is 6.68. The van der Waals surface area contributed by atoms with Gasteiger partial charge in [-0.05, 0) is 60.5 Å². The highest BCUT2D eigenvalue weighted by Gasteiger charge is 2.15. The fourth-order valence-electron chi connectivity index (χ4n) is 3.69. The smallest absolute Gasteiger partial charge is 0.262 e. The van der Waals surface area contributed by atoms with Crippen molar-refractivity contribution in [1.82, 2.24) is 5.32 Å². The Kier molecular flexibility index (Phi) is 8.92. The van der Waals surface area contributed by atoms with Crippen LogP contribution in [0.25, 0.3) is 6.08 Å². The molecule has 1 aliphatic heterocycles. The van der Waals surface area contributed by atoms with Gasteiger partial charge in [-0.15, -0.1) is 0 Å². The maximum atomic E-state index is 12.7. The predicted octanol–water partition coefficient (Wildman–Crippen LogP) is 4.50. The molecule has 3 aromatic rings. The van der Waals surface area contributed by atoms with E-state index < -0.39 is 5.91 Å². The number of nitrogens with one attached hydrogen (secondary N) is 1. The van der Waals surface area contributed by atoms with Gasteiger partial charge in [0.25, 0.3) is 5.91 Å². The molecule has 4 rings (SSSR count). The lowest BCUT2D eigenvalue weighted by Crippen LogP contribution is -2.23. The summed E-state index contributed by atoms with van der Waals surface area (Å²) in [5.74, 6) is 3.10. The highest BCUT2D eigenvalue weighted by Crippen LogP contribution is 2.33. The van der Waals surface area contributed by atoms with Crippen LogP contribution in [0.4, 0.5) is 0 Å². The average molecular weight is 517 g/mol. The largest absolute Gasteiger partial charge is 0.493 e. The molecule has 0 spiro atoms. The van der Waals surface area contributed by atoms with E-state index in [-0.39, 0.29) is 25.5 Å². The second kappa shape index (κ2) is 12.9. The van der Waals surface area contributed by atoms with Gasteiger partial charge in [-0.3, -0.25) is 4.79 Å². The maximum Gasteiger partial charge on any atom is 0.262 e. The van der Waals surface area contributed by atoms with E-state index in [9.17, 15) is 10.1 Å². The minimum atomic E-state index is -0.489. The van der Waals surface area contributed by atoms with Crippen LogP contribution < -0.4 is 33.7 Å². The number of methoxy groups -OCH3 is 1. The van der Waals surface area contributed by atoms with Crippen molar-refractivity contribution in [3.05, 3.63) is 77.4 Å². The monoisotopic (exact) mass is 516 g/mol. The van der Waals surface area contributed by atoms with E-state index in [1.54, 1.807) is 37.4 Å². The third-order valence-electron chi connectivity index (χ3n) is 5.50. The Morgan fingerprint density at radius 2 is 1.68 bits per heavy atom. The first-order chi connectivity index (χ1) is 18.6. The van der Waals surface area contributed by atoms with Crippen molar-refractivity contribution in [3.63, 3.8) is 0 Å². The Morgan fingerprint density at radius 1 is 0.947 bits per heavy atom. The van der Waals surface area contributed by atoms with Gasteiger partial charge in [-0.2, -0.15) is 5.26 Å². The van der Waals surface area contributed by atoms with Gasteiger partial charge in [0.15, 0.2) is 34.5 Å². The van der Waals surface area contributed by atoms with Crippen LogP contribution in [-0.2, 0) is 11.3 Å². The molecule has 9 nitrogen and oxygen atoms in total. The molecule has 1 heterocycles. The molecule has 38 heavy (non-hydrogen) atoms. The third-order valence-corrected chi connectivity index (χ3v) is 5.50. The van der Waals surface area contributed by atoms with Gasteiger partial charge in [0, 0.05) is 6.54 Å². The van der Waals surface area contributed by atoms with Crippen molar-refractivity contribution in [2.24, 2.45) is 0 Å². The molecular formula is C29H28N2O7. The van der Waals surface area contributed by atoms with Gasteiger partial charge in [0.05, 0.1) is 13.7 Å². The molecule has 1 N–H and O–H groups in total. The summed E-state index contributed by atoms with van der Waals surface area (Å²) >= 11 is 0. The number of hydrogen-bond acceptors (Lipinski definition) is 8. The molecule has 3 aromatic carbocycles. The van der Waals surface area contributed by atoms with Crippen LogP contribution in [0.1, 0.15) is 18.1 Å². The Balaban J connectivity index is 1.37. The Morgan fingerprint density at radius 3 is 2.42 bits per heavy atom. The lowest BCUT2D eigenvalue weighted by Gasteiger charge is -2.14. The number of amides is 1. The van der Waals surface area contributed by atoms with Gasteiger partial charge in [-0.1, -0.05) is 24.3 Å². The van der Waals surface area contributed by atoms with Crippen molar-refractivity contribution in [2.75, 3.05) is 33.7 Å². The SMILES string of the molecule is CCOc1cc(/C=C(\C#N)C(=O)NCc2ccc3c(c2)OCO3)ccc1OCCOc1ccccc1OC. The van der Waals surface area contributed by atoms with Gasteiger partial charge in [0.1, 0.15) is 24.9 Å². The lowest BCUT2D eigenvalue weighted by molar-refractivity contribution is -0.117.